The maximum Gasteiger partial charge on any atom is 0.305 e. The summed E-state index contributed by atoms with van der Waals surface area (Å²) in [6.07, 6.45) is 52.9. The zero-order valence-electron chi connectivity index (χ0n) is 36.4. The van der Waals surface area contributed by atoms with Crippen molar-refractivity contribution in [3.8, 4) is 0 Å². The highest BCUT2D eigenvalue weighted by atomic mass is 16.5. The first-order valence-corrected chi connectivity index (χ1v) is 23.8. The van der Waals surface area contributed by atoms with Crippen LogP contribution in [0.25, 0.3) is 0 Å². The zero-order valence-corrected chi connectivity index (χ0v) is 36.4. The summed E-state index contributed by atoms with van der Waals surface area (Å²) in [7, 11) is 0. The number of carbonyl (C=O) groups is 2. The van der Waals surface area contributed by atoms with Crippen molar-refractivity contribution in [3.05, 3.63) is 36.5 Å². The van der Waals surface area contributed by atoms with Gasteiger partial charge in [-0.3, -0.25) is 9.59 Å². The molecule has 0 fully saturated rings. The van der Waals surface area contributed by atoms with E-state index in [-0.39, 0.29) is 18.5 Å². The van der Waals surface area contributed by atoms with Gasteiger partial charge in [-0.25, -0.2) is 0 Å². The second-order valence-corrected chi connectivity index (χ2v) is 16.1. The Balaban J connectivity index is 3.47. The third kappa shape index (κ3) is 41.5. The summed E-state index contributed by atoms with van der Waals surface area (Å²) >= 11 is 0. The maximum absolute atomic E-state index is 12.3. The van der Waals surface area contributed by atoms with Gasteiger partial charge in [0.1, 0.15) is 0 Å². The molecule has 6 heteroatoms. The van der Waals surface area contributed by atoms with Crippen LogP contribution in [-0.2, 0) is 14.3 Å². The first-order chi connectivity index (χ1) is 27.0. The van der Waals surface area contributed by atoms with E-state index in [0.29, 0.717) is 19.4 Å². The predicted octanol–water partition coefficient (Wildman–Crippen LogP) is 13.7. The lowest BCUT2D eigenvalue weighted by Crippen LogP contribution is -2.45. The molecule has 0 saturated carbocycles. The van der Waals surface area contributed by atoms with Gasteiger partial charge in [-0.2, -0.15) is 0 Å². The number of rotatable bonds is 43. The van der Waals surface area contributed by atoms with Gasteiger partial charge in [-0.05, 0) is 77.0 Å². The molecule has 6 nitrogen and oxygen atoms in total. The Hall–Kier alpha value is -1.92. The number of aliphatic hydroxyl groups excluding tert-OH is 2. The molecule has 0 spiro atoms. The maximum atomic E-state index is 12.3. The van der Waals surface area contributed by atoms with E-state index < -0.39 is 12.1 Å². The lowest BCUT2D eigenvalue weighted by Gasteiger charge is -2.20. The van der Waals surface area contributed by atoms with Crippen molar-refractivity contribution in [3.63, 3.8) is 0 Å². The van der Waals surface area contributed by atoms with Gasteiger partial charge >= 0.3 is 5.97 Å². The number of aliphatic hydroxyl groups is 2. The molecule has 55 heavy (non-hydrogen) atoms. The molecule has 0 aromatic rings. The molecule has 0 saturated heterocycles. The van der Waals surface area contributed by atoms with E-state index in [0.717, 1.165) is 64.2 Å². The standard InChI is InChI=1S/C49H91NO5/c1-3-5-7-9-11-13-22-27-31-35-39-43-49(54)55-44-40-36-32-28-24-21-19-17-15-14-16-18-20-23-26-30-34-38-42-48(53)50-46(45-51)47(52)41-37-33-29-25-12-10-8-6-4-2/h9,11,16,18,37,41,46-47,51-52H,3-8,10,12-15,17,19-36,38-40,42-45H2,1-2H3,(H,50,53)/b11-9-,18-16-,41-37+. The molecule has 0 heterocycles. The van der Waals surface area contributed by atoms with Crippen molar-refractivity contribution in [1.82, 2.24) is 5.32 Å². The average molecular weight is 774 g/mol. The molecule has 2 unspecified atom stereocenters. The number of esters is 1. The number of allylic oxidation sites excluding steroid dienone is 5. The minimum Gasteiger partial charge on any atom is -0.466 e. The Labute approximate surface area is 341 Å². The summed E-state index contributed by atoms with van der Waals surface area (Å²) in [5.41, 5.74) is 0. The Morgan fingerprint density at radius 2 is 0.873 bits per heavy atom. The number of unbranched alkanes of at least 4 members (excludes halogenated alkanes) is 28. The fourth-order valence-corrected chi connectivity index (χ4v) is 6.90. The van der Waals surface area contributed by atoms with Crippen molar-refractivity contribution in [2.45, 2.75) is 251 Å². The highest BCUT2D eigenvalue weighted by Crippen LogP contribution is 2.14. The molecule has 0 rings (SSSR count). The van der Waals surface area contributed by atoms with E-state index in [1.54, 1.807) is 6.08 Å². The summed E-state index contributed by atoms with van der Waals surface area (Å²) in [6.45, 7) is 4.80. The van der Waals surface area contributed by atoms with Gasteiger partial charge in [0.25, 0.3) is 0 Å². The molecule has 0 aliphatic carbocycles. The third-order valence-corrected chi connectivity index (χ3v) is 10.6. The Morgan fingerprint density at radius 1 is 0.491 bits per heavy atom. The minimum atomic E-state index is -0.850. The third-order valence-electron chi connectivity index (χ3n) is 10.6. The molecular weight excluding hydrogens is 683 g/mol. The summed E-state index contributed by atoms with van der Waals surface area (Å²) in [6, 6.07) is -0.635. The first-order valence-electron chi connectivity index (χ1n) is 23.8. The van der Waals surface area contributed by atoms with E-state index in [1.807, 2.05) is 6.08 Å². The Morgan fingerprint density at radius 3 is 1.35 bits per heavy atom. The van der Waals surface area contributed by atoms with Gasteiger partial charge in [0, 0.05) is 12.8 Å². The van der Waals surface area contributed by atoms with Crippen LogP contribution in [0.5, 0.6) is 0 Å². The van der Waals surface area contributed by atoms with Gasteiger partial charge < -0.3 is 20.3 Å². The van der Waals surface area contributed by atoms with Crippen LogP contribution in [0.4, 0.5) is 0 Å². The summed E-state index contributed by atoms with van der Waals surface area (Å²) < 4.78 is 5.43. The van der Waals surface area contributed by atoms with Gasteiger partial charge in [-0.15, -0.1) is 0 Å². The topological polar surface area (TPSA) is 95.9 Å². The largest absolute Gasteiger partial charge is 0.466 e. The SMILES string of the molecule is CCCC/C=C\CCCCCCCC(=O)OCCCCCCCCCCC/C=C\CCCCCCCC(=O)NC(CO)C(O)/C=C/CCCCCCCCC. The van der Waals surface area contributed by atoms with Crippen LogP contribution in [0.15, 0.2) is 36.5 Å². The van der Waals surface area contributed by atoms with Gasteiger partial charge in [0.2, 0.25) is 5.91 Å². The van der Waals surface area contributed by atoms with E-state index in [2.05, 4.69) is 43.5 Å². The van der Waals surface area contributed by atoms with Crippen molar-refractivity contribution >= 4 is 11.9 Å². The molecule has 0 bridgehead atoms. The predicted molar refractivity (Wildman–Crippen MR) is 236 cm³/mol. The molecule has 1 amide bonds. The van der Waals surface area contributed by atoms with Crippen LogP contribution >= 0.6 is 0 Å². The highest BCUT2D eigenvalue weighted by Gasteiger charge is 2.18. The molecule has 0 radical (unpaired) electrons. The van der Waals surface area contributed by atoms with E-state index in [4.69, 9.17) is 4.74 Å². The van der Waals surface area contributed by atoms with Crippen molar-refractivity contribution in [1.29, 1.82) is 0 Å². The number of hydrogen-bond acceptors (Lipinski definition) is 5. The molecule has 0 aliphatic rings. The quantitative estimate of drug-likeness (QED) is 0.0326. The van der Waals surface area contributed by atoms with Crippen molar-refractivity contribution < 1.29 is 24.5 Å². The minimum absolute atomic E-state index is 0.0102. The zero-order chi connectivity index (χ0) is 40.1. The summed E-state index contributed by atoms with van der Waals surface area (Å²) in [5.74, 6) is -0.0970. The highest BCUT2D eigenvalue weighted by molar-refractivity contribution is 5.76. The average Bonchev–Trinajstić information content (AvgIpc) is 3.18. The van der Waals surface area contributed by atoms with E-state index >= 15 is 0 Å². The second kappa shape index (κ2) is 44.8. The Bertz CT molecular complexity index is 900. The fraction of sp³-hybridized carbons (Fsp3) is 0.837. The van der Waals surface area contributed by atoms with E-state index in [9.17, 15) is 19.8 Å². The lowest BCUT2D eigenvalue weighted by molar-refractivity contribution is -0.143. The van der Waals surface area contributed by atoms with Crippen LogP contribution < -0.4 is 5.32 Å². The van der Waals surface area contributed by atoms with Crippen LogP contribution in [-0.4, -0.2) is 47.4 Å². The number of ether oxygens (including phenoxy) is 1. The van der Waals surface area contributed by atoms with Crippen LogP contribution in [0.1, 0.15) is 239 Å². The van der Waals surface area contributed by atoms with Crippen molar-refractivity contribution in [2.75, 3.05) is 13.2 Å². The number of carbonyl (C=O) groups excluding carboxylic acids is 2. The normalized spacial score (nSPS) is 13.0. The molecule has 0 aliphatic heterocycles. The van der Waals surface area contributed by atoms with Crippen molar-refractivity contribution in [2.24, 2.45) is 0 Å². The van der Waals surface area contributed by atoms with Crippen LogP contribution in [0.2, 0.25) is 0 Å². The number of nitrogens with one attached hydrogen (secondary N) is 1. The smallest absolute Gasteiger partial charge is 0.305 e. The number of hydrogen-bond donors (Lipinski definition) is 3. The molecule has 2 atom stereocenters. The van der Waals surface area contributed by atoms with E-state index in [1.165, 1.54) is 148 Å². The molecule has 0 aromatic heterocycles. The molecule has 322 valence electrons. The molecular formula is C49H91NO5. The molecule has 0 aromatic carbocycles. The lowest BCUT2D eigenvalue weighted by atomic mass is 10.1. The van der Waals surface area contributed by atoms with Gasteiger partial charge in [0.05, 0.1) is 25.4 Å². The molecule has 3 N–H and O–H groups in total. The summed E-state index contributed by atoms with van der Waals surface area (Å²) in [5, 5.41) is 22.9. The van der Waals surface area contributed by atoms with Gasteiger partial charge in [-0.1, -0.05) is 185 Å². The van der Waals surface area contributed by atoms with Crippen LogP contribution in [0, 0.1) is 0 Å². The monoisotopic (exact) mass is 774 g/mol. The second-order valence-electron chi connectivity index (χ2n) is 16.1. The number of amides is 1. The fourth-order valence-electron chi connectivity index (χ4n) is 6.90. The summed E-state index contributed by atoms with van der Waals surface area (Å²) in [4.78, 5) is 24.3. The van der Waals surface area contributed by atoms with Crippen LogP contribution in [0.3, 0.4) is 0 Å². The first kappa shape index (κ1) is 53.1. The Kier molecular flexibility index (Phi) is 43.2. The van der Waals surface area contributed by atoms with Gasteiger partial charge in [0.15, 0.2) is 0 Å².